The van der Waals surface area contributed by atoms with Crippen molar-refractivity contribution in [3.63, 3.8) is 0 Å². The van der Waals surface area contributed by atoms with Gasteiger partial charge in [0.25, 0.3) is 11.7 Å². The maximum absolute atomic E-state index is 13.4. The molecule has 4 aromatic rings. The molecule has 1 N–H and O–H groups in total. The minimum Gasteiger partial charge on any atom is -0.497 e. The Morgan fingerprint density at radius 1 is 1.03 bits per heavy atom. The van der Waals surface area contributed by atoms with Crippen LogP contribution in [0.1, 0.15) is 39.2 Å². The highest BCUT2D eigenvalue weighted by atomic mass is 19.1. The van der Waals surface area contributed by atoms with E-state index in [4.69, 9.17) is 4.74 Å². The maximum atomic E-state index is 13.4. The van der Waals surface area contributed by atoms with Crippen molar-refractivity contribution in [1.82, 2.24) is 24.9 Å². The van der Waals surface area contributed by atoms with Crippen molar-refractivity contribution in [2.45, 2.75) is 19.9 Å². The first-order chi connectivity index (χ1) is 14.4. The molecule has 0 aliphatic heterocycles. The van der Waals surface area contributed by atoms with Gasteiger partial charge in [-0.15, -0.1) is 5.10 Å². The number of ether oxygens (including phenoxy) is 1. The van der Waals surface area contributed by atoms with Crippen LogP contribution in [-0.2, 0) is 0 Å². The van der Waals surface area contributed by atoms with E-state index in [1.807, 2.05) is 32.0 Å². The number of benzene rings is 2. The van der Waals surface area contributed by atoms with Gasteiger partial charge in [0.15, 0.2) is 0 Å². The fourth-order valence-corrected chi connectivity index (χ4v) is 3.27. The highest BCUT2D eigenvalue weighted by molar-refractivity contribution is 5.91. The lowest BCUT2D eigenvalue weighted by Crippen LogP contribution is -2.30. The summed E-state index contributed by atoms with van der Waals surface area (Å²) in [6, 6.07) is 14.6. The average molecular weight is 405 g/mol. The summed E-state index contributed by atoms with van der Waals surface area (Å²) in [5, 5.41) is 7.24. The van der Waals surface area contributed by atoms with E-state index in [-0.39, 0.29) is 11.6 Å². The maximum Gasteiger partial charge on any atom is 0.291 e. The van der Waals surface area contributed by atoms with Crippen molar-refractivity contribution in [1.29, 1.82) is 0 Å². The second-order valence-corrected chi connectivity index (χ2v) is 6.92. The lowest BCUT2D eigenvalue weighted by atomic mass is 9.98. The summed E-state index contributed by atoms with van der Waals surface area (Å²) in [5.74, 6) is 0.263. The van der Waals surface area contributed by atoms with Crippen LogP contribution in [0.15, 0.2) is 54.6 Å². The molecule has 0 saturated heterocycles. The first kappa shape index (κ1) is 19.5. The van der Waals surface area contributed by atoms with E-state index >= 15 is 0 Å². The summed E-state index contributed by atoms with van der Waals surface area (Å²) >= 11 is 0. The molecule has 0 saturated carbocycles. The van der Waals surface area contributed by atoms with E-state index in [1.54, 1.807) is 31.4 Å². The summed E-state index contributed by atoms with van der Waals surface area (Å²) in [6.07, 6.45) is 0. The van der Waals surface area contributed by atoms with E-state index in [0.29, 0.717) is 11.5 Å². The predicted molar refractivity (Wildman–Crippen MR) is 109 cm³/mol. The summed E-state index contributed by atoms with van der Waals surface area (Å²) in [5.41, 5.74) is 3.16. The molecular formula is C22H20FN5O2. The molecule has 2 aromatic heterocycles. The lowest BCUT2D eigenvalue weighted by Gasteiger charge is -2.19. The number of carbonyl (C=O) groups excluding carboxylic acids is 1. The third-order valence-electron chi connectivity index (χ3n) is 4.75. The van der Waals surface area contributed by atoms with Gasteiger partial charge < -0.3 is 10.1 Å². The SMILES string of the molecule is COc1ccc(C(NC(=O)c2nc3nc(C)cc(C)n3n2)c2ccc(F)cc2)cc1. The van der Waals surface area contributed by atoms with E-state index in [0.717, 1.165) is 22.5 Å². The molecule has 8 heteroatoms. The molecule has 0 aliphatic carbocycles. The Labute approximate surface area is 172 Å². The second-order valence-electron chi connectivity index (χ2n) is 6.92. The number of carbonyl (C=O) groups is 1. The molecule has 30 heavy (non-hydrogen) atoms. The molecule has 0 spiro atoms. The molecular weight excluding hydrogens is 385 g/mol. The number of aromatic nitrogens is 4. The Balaban J connectivity index is 1.69. The summed E-state index contributed by atoms with van der Waals surface area (Å²) in [6.45, 7) is 3.73. The number of nitrogens with zero attached hydrogens (tertiary/aromatic N) is 4. The van der Waals surface area contributed by atoms with Crippen molar-refractivity contribution in [3.05, 3.63) is 88.8 Å². The third-order valence-corrected chi connectivity index (χ3v) is 4.75. The van der Waals surface area contributed by atoms with E-state index < -0.39 is 11.9 Å². The fourth-order valence-electron chi connectivity index (χ4n) is 3.27. The van der Waals surface area contributed by atoms with Gasteiger partial charge in [0, 0.05) is 11.4 Å². The molecule has 4 rings (SSSR count). The van der Waals surface area contributed by atoms with Gasteiger partial charge in [-0.05, 0) is 55.3 Å². The topological polar surface area (TPSA) is 81.4 Å². The van der Waals surface area contributed by atoms with Gasteiger partial charge in [-0.1, -0.05) is 24.3 Å². The van der Waals surface area contributed by atoms with Crippen molar-refractivity contribution < 1.29 is 13.9 Å². The van der Waals surface area contributed by atoms with Gasteiger partial charge in [0.1, 0.15) is 11.6 Å². The largest absolute Gasteiger partial charge is 0.497 e. The molecule has 152 valence electrons. The van der Waals surface area contributed by atoms with E-state index in [2.05, 4.69) is 20.4 Å². The molecule has 0 aliphatic rings. The van der Waals surface area contributed by atoms with Crippen LogP contribution < -0.4 is 10.1 Å². The fraction of sp³-hybridized carbons (Fsp3) is 0.182. The van der Waals surface area contributed by atoms with E-state index in [9.17, 15) is 9.18 Å². The zero-order valence-electron chi connectivity index (χ0n) is 16.8. The molecule has 7 nitrogen and oxygen atoms in total. The third kappa shape index (κ3) is 3.84. The van der Waals surface area contributed by atoms with Crippen LogP contribution in [0.2, 0.25) is 0 Å². The Kier molecular flexibility index (Phi) is 5.14. The van der Waals surface area contributed by atoms with Crippen LogP contribution in [0.4, 0.5) is 4.39 Å². The van der Waals surface area contributed by atoms with Crippen molar-refractivity contribution in [2.24, 2.45) is 0 Å². The van der Waals surface area contributed by atoms with Crippen molar-refractivity contribution in [3.8, 4) is 5.75 Å². The van der Waals surface area contributed by atoms with E-state index in [1.165, 1.54) is 16.6 Å². The first-order valence-electron chi connectivity index (χ1n) is 9.36. The monoisotopic (exact) mass is 405 g/mol. The molecule has 1 unspecified atom stereocenters. The normalized spacial score (nSPS) is 12.0. The Bertz CT molecular complexity index is 1200. The quantitative estimate of drug-likeness (QED) is 0.550. The Hall–Kier alpha value is -3.81. The minimum atomic E-state index is -0.522. The number of aryl methyl sites for hydroxylation is 2. The van der Waals surface area contributed by atoms with Crippen LogP contribution in [0.5, 0.6) is 5.75 Å². The molecule has 1 atom stereocenters. The average Bonchev–Trinajstić information content (AvgIpc) is 3.17. The number of nitrogens with one attached hydrogen (secondary N) is 1. The van der Waals surface area contributed by atoms with Crippen LogP contribution in [0.3, 0.4) is 0 Å². The van der Waals surface area contributed by atoms with Crippen molar-refractivity contribution in [2.75, 3.05) is 7.11 Å². The van der Waals surface area contributed by atoms with Crippen molar-refractivity contribution >= 4 is 11.7 Å². The zero-order chi connectivity index (χ0) is 21.3. The van der Waals surface area contributed by atoms with Gasteiger partial charge in [-0.25, -0.2) is 13.9 Å². The summed E-state index contributed by atoms with van der Waals surface area (Å²) in [7, 11) is 1.58. The van der Waals surface area contributed by atoms with Gasteiger partial charge >= 0.3 is 0 Å². The molecule has 2 aromatic carbocycles. The summed E-state index contributed by atoms with van der Waals surface area (Å²) < 4.78 is 20.2. The van der Waals surface area contributed by atoms with Gasteiger partial charge in [0.2, 0.25) is 5.82 Å². The Morgan fingerprint density at radius 3 is 2.30 bits per heavy atom. The molecule has 0 bridgehead atoms. The predicted octanol–water partition coefficient (Wildman–Crippen LogP) is 3.41. The number of hydrogen-bond donors (Lipinski definition) is 1. The number of halogens is 1. The molecule has 0 radical (unpaired) electrons. The van der Waals surface area contributed by atoms with Gasteiger partial charge in [-0.2, -0.15) is 4.98 Å². The number of amides is 1. The number of rotatable bonds is 5. The number of hydrogen-bond acceptors (Lipinski definition) is 5. The highest BCUT2D eigenvalue weighted by Crippen LogP contribution is 2.25. The number of methoxy groups -OCH3 is 1. The minimum absolute atomic E-state index is 0.0109. The molecule has 1 amide bonds. The lowest BCUT2D eigenvalue weighted by molar-refractivity contribution is 0.0932. The van der Waals surface area contributed by atoms with Crippen LogP contribution in [0, 0.1) is 19.7 Å². The molecule has 2 heterocycles. The van der Waals surface area contributed by atoms with Gasteiger partial charge in [0.05, 0.1) is 13.2 Å². The Morgan fingerprint density at radius 2 is 1.67 bits per heavy atom. The van der Waals surface area contributed by atoms with Crippen LogP contribution in [-0.4, -0.2) is 32.6 Å². The smallest absolute Gasteiger partial charge is 0.291 e. The van der Waals surface area contributed by atoms with Crippen LogP contribution in [0.25, 0.3) is 5.78 Å². The standard InChI is InChI=1S/C22H20FN5O2/c1-13-12-14(2)28-22(24-13)26-20(27-28)21(29)25-19(15-4-8-17(23)9-5-15)16-6-10-18(30-3)11-7-16/h4-12,19H,1-3H3,(H,25,29). The van der Waals surface area contributed by atoms with Gasteiger partial charge in [-0.3, -0.25) is 4.79 Å². The summed E-state index contributed by atoms with van der Waals surface area (Å²) in [4.78, 5) is 21.6. The first-order valence-corrected chi connectivity index (χ1v) is 9.36. The highest BCUT2D eigenvalue weighted by Gasteiger charge is 2.22. The second kappa shape index (κ2) is 7.90. The molecule has 0 fully saturated rings. The van der Waals surface area contributed by atoms with Crippen LogP contribution >= 0.6 is 0 Å². The number of fused-ring (bicyclic) bond motifs is 1. The zero-order valence-corrected chi connectivity index (χ0v) is 16.8.